The second-order valence-corrected chi connectivity index (χ2v) is 9.32. The number of carbonyl (C=O) groups is 1. The van der Waals surface area contributed by atoms with Crippen LogP contribution in [0.1, 0.15) is 23.8 Å². The fourth-order valence-corrected chi connectivity index (χ4v) is 5.58. The zero-order valence-corrected chi connectivity index (χ0v) is 17.3. The van der Waals surface area contributed by atoms with Crippen molar-refractivity contribution in [1.29, 1.82) is 0 Å². The molecule has 0 bridgehead atoms. The SMILES string of the molecule is CC(Sc1nc2sc3c(c2c(=O)n1C)CCC3)C(=O)Nc1ccccc1Cl. The average Bonchev–Trinajstić information content (AvgIpc) is 3.22. The van der Waals surface area contributed by atoms with Gasteiger partial charge in [0.25, 0.3) is 5.56 Å². The standard InChI is InChI=1S/C19H18ClN3O2S2/c1-10(16(24)21-13-8-4-3-7-12(13)20)26-19-22-17-15(18(25)23(19)2)11-6-5-9-14(11)27-17/h3-4,7-8,10H,5-6,9H2,1-2H3,(H,21,24). The van der Waals surface area contributed by atoms with Crippen LogP contribution in [-0.4, -0.2) is 20.7 Å². The molecule has 27 heavy (non-hydrogen) atoms. The molecule has 1 aliphatic carbocycles. The zero-order valence-electron chi connectivity index (χ0n) is 14.9. The summed E-state index contributed by atoms with van der Waals surface area (Å²) in [5.41, 5.74) is 1.72. The molecular weight excluding hydrogens is 402 g/mol. The Hall–Kier alpha value is -1.83. The van der Waals surface area contributed by atoms with E-state index in [0.29, 0.717) is 15.9 Å². The number of halogens is 1. The molecule has 0 radical (unpaired) electrons. The second-order valence-electron chi connectivity index (χ2n) is 6.53. The van der Waals surface area contributed by atoms with Crippen LogP contribution in [0.15, 0.2) is 34.2 Å². The lowest BCUT2D eigenvalue weighted by Crippen LogP contribution is -2.25. The van der Waals surface area contributed by atoms with Gasteiger partial charge >= 0.3 is 0 Å². The normalized spacial score (nSPS) is 14.3. The Kier molecular flexibility index (Phi) is 5.01. The monoisotopic (exact) mass is 419 g/mol. The summed E-state index contributed by atoms with van der Waals surface area (Å²) in [5, 5.41) is 4.20. The highest BCUT2D eigenvalue weighted by Gasteiger charge is 2.24. The van der Waals surface area contributed by atoms with Gasteiger partial charge in [-0.15, -0.1) is 11.3 Å². The number of carbonyl (C=O) groups excluding carboxylic acids is 1. The van der Waals surface area contributed by atoms with E-state index in [1.807, 2.05) is 12.1 Å². The van der Waals surface area contributed by atoms with Crippen LogP contribution in [0.4, 0.5) is 5.69 Å². The molecule has 1 aromatic carbocycles. The van der Waals surface area contributed by atoms with Crippen LogP contribution in [0.5, 0.6) is 0 Å². The molecule has 0 saturated carbocycles. The van der Waals surface area contributed by atoms with Crippen molar-refractivity contribution in [3.05, 3.63) is 50.1 Å². The van der Waals surface area contributed by atoms with Gasteiger partial charge in [0.05, 0.1) is 21.3 Å². The summed E-state index contributed by atoms with van der Waals surface area (Å²) >= 11 is 8.99. The Bertz CT molecular complexity index is 1110. The maximum absolute atomic E-state index is 12.9. The second kappa shape index (κ2) is 7.30. The number of para-hydroxylation sites is 1. The first kappa shape index (κ1) is 18.5. The highest BCUT2D eigenvalue weighted by atomic mass is 35.5. The summed E-state index contributed by atoms with van der Waals surface area (Å²) in [6, 6.07) is 7.10. The smallest absolute Gasteiger partial charge is 0.262 e. The van der Waals surface area contributed by atoms with E-state index in [0.717, 1.165) is 29.5 Å². The zero-order chi connectivity index (χ0) is 19.1. The predicted octanol–water partition coefficient (Wildman–Crippen LogP) is 4.26. The van der Waals surface area contributed by atoms with Gasteiger partial charge in [0.15, 0.2) is 5.16 Å². The number of anilines is 1. The minimum absolute atomic E-state index is 0.0272. The largest absolute Gasteiger partial charge is 0.324 e. The summed E-state index contributed by atoms with van der Waals surface area (Å²) in [6.45, 7) is 1.79. The van der Waals surface area contributed by atoms with E-state index in [1.165, 1.54) is 22.2 Å². The van der Waals surface area contributed by atoms with E-state index in [9.17, 15) is 9.59 Å². The number of thioether (sulfide) groups is 1. The van der Waals surface area contributed by atoms with E-state index >= 15 is 0 Å². The summed E-state index contributed by atoms with van der Waals surface area (Å²) in [7, 11) is 1.72. The maximum Gasteiger partial charge on any atom is 0.262 e. The van der Waals surface area contributed by atoms with Gasteiger partial charge in [0.2, 0.25) is 5.91 Å². The Labute approximate surface area is 169 Å². The molecule has 0 aliphatic heterocycles. The van der Waals surface area contributed by atoms with E-state index < -0.39 is 5.25 Å². The minimum Gasteiger partial charge on any atom is -0.324 e. The molecule has 5 nitrogen and oxygen atoms in total. The predicted molar refractivity (Wildman–Crippen MR) is 112 cm³/mol. The summed E-state index contributed by atoms with van der Waals surface area (Å²) < 4.78 is 1.55. The first-order chi connectivity index (χ1) is 13.0. The van der Waals surface area contributed by atoms with Gasteiger partial charge in [-0.25, -0.2) is 4.98 Å². The van der Waals surface area contributed by atoms with Crippen molar-refractivity contribution in [2.45, 2.75) is 36.6 Å². The van der Waals surface area contributed by atoms with Crippen molar-refractivity contribution in [1.82, 2.24) is 9.55 Å². The highest BCUT2D eigenvalue weighted by Crippen LogP contribution is 2.36. The Balaban J connectivity index is 1.59. The summed E-state index contributed by atoms with van der Waals surface area (Å²) in [6.07, 6.45) is 3.09. The number of thiophene rings is 1. The van der Waals surface area contributed by atoms with Gasteiger partial charge < -0.3 is 5.32 Å². The molecule has 2 heterocycles. The number of benzene rings is 1. The van der Waals surface area contributed by atoms with Gasteiger partial charge in [0, 0.05) is 11.9 Å². The fraction of sp³-hybridized carbons (Fsp3) is 0.316. The maximum atomic E-state index is 12.9. The average molecular weight is 420 g/mol. The van der Waals surface area contributed by atoms with Crippen LogP contribution in [0.25, 0.3) is 10.2 Å². The number of nitrogens with zero attached hydrogens (tertiary/aromatic N) is 2. The first-order valence-corrected chi connectivity index (χ1v) is 10.8. The molecule has 0 saturated heterocycles. The molecule has 0 fully saturated rings. The topological polar surface area (TPSA) is 64.0 Å². The van der Waals surface area contributed by atoms with Crippen molar-refractivity contribution >= 4 is 56.5 Å². The van der Waals surface area contributed by atoms with E-state index in [-0.39, 0.29) is 11.5 Å². The van der Waals surface area contributed by atoms with E-state index in [1.54, 1.807) is 42.0 Å². The molecule has 140 valence electrons. The molecule has 4 rings (SSSR count). The van der Waals surface area contributed by atoms with Gasteiger partial charge in [-0.1, -0.05) is 35.5 Å². The summed E-state index contributed by atoms with van der Waals surface area (Å²) in [4.78, 5) is 32.1. The number of rotatable bonds is 4. The quantitative estimate of drug-likeness (QED) is 0.507. The molecule has 1 amide bonds. The van der Waals surface area contributed by atoms with Crippen LogP contribution in [0.2, 0.25) is 5.02 Å². The first-order valence-electron chi connectivity index (χ1n) is 8.69. The number of amides is 1. The molecule has 1 N–H and O–H groups in total. The Morgan fingerprint density at radius 2 is 2.15 bits per heavy atom. The van der Waals surface area contributed by atoms with Crippen molar-refractivity contribution in [3.8, 4) is 0 Å². The van der Waals surface area contributed by atoms with Crippen molar-refractivity contribution in [3.63, 3.8) is 0 Å². The highest BCUT2D eigenvalue weighted by molar-refractivity contribution is 8.00. The third-order valence-corrected chi connectivity index (χ3v) is 7.35. The molecule has 3 aromatic rings. The van der Waals surface area contributed by atoms with Crippen molar-refractivity contribution in [2.24, 2.45) is 7.05 Å². The van der Waals surface area contributed by atoms with Crippen LogP contribution in [-0.2, 0) is 24.7 Å². The number of aromatic nitrogens is 2. The number of aryl methyl sites for hydroxylation is 2. The van der Waals surface area contributed by atoms with Crippen molar-refractivity contribution < 1.29 is 4.79 Å². The van der Waals surface area contributed by atoms with Gasteiger partial charge in [-0.3, -0.25) is 14.2 Å². The van der Waals surface area contributed by atoms with Crippen LogP contribution in [0.3, 0.4) is 0 Å². The lowest BCUT2D eigenvalue weighted by Gasteiger charge is -2.14. The number of hydrogen-bond donors (Lipinski definition) is 1. The molecule has 8 heteroatoms. The number of nitrogens with one attached hydrogen (secondary N) is 1. The molecule has 2 aromatic heterocycles. The van der Waals surface area contributed by atoms with Gasteiger partial charge in [-0.05, 0) is 43.9 Å². The van der Waals surface area contributed by atoms with Gasteiger partial charge in [-0.2, -0.15) is 0 Å². The third kappa shape index (κ3) is 3.39. The number of hydrogen-bond acceptors (Lipinski definition) is 5. The molecule has 1 unspecified atom stereocenters. The van der Waals surface area contributed by atoms with Crippen LogP contribution in [0, 0.1) is 0 Å². The molecule has 0 spiro atoms. The minimum atomic E-state index is -0.427. The Morgan fingerprint density at radius 3 is 2.93 bits per heavy atom. The molecule has 1 atom stereocenters. The van der Waals surface area contributed by atoms with Crippen LogP contribution >= 0.6 is 34.7 Å². The Morgan fingerprint density at radius 1 is 1.37 bits per heavy atom. The lowest BCUT2D eigenvalue weighted by atomic mass is 10.2. The summed E-state index contributed by atoms with van der Waals surface area (Å²) in [5.74, 6) is -0.184. The van der Waals surface area contributed by atoms with Crippen molar-refractivity contribution in [2.75, 3.05) is 5.32 Å². The lowest BCUT2D eigenvalue weighted by molar-refractivity contribution is -0.115. The van der Waals surface area contributed by atoms with E-state index in [2.05, 4.69) is 10.3 Å². The van der Waals surface area contributed by atoms with E-state index in [4.69, 9.17) is 11.6 Å². The van der Waals surface area contributed by atoms with Crippen LogP contribution < -0.4 is 10.9 Å². The molecule has 1 aliphatic rings. The third-order valence-electron chi connectivity index (χ3n) is 4.69. The number of fused-ring (bicyclic) bond motifs is 3. The fourth-order valence-electron chi connectivity index (χ4n) is 3.22. The molecular formula is C19H18ClN3O2S2. The van der Waals surface area contributed by atoms with Gasteiger partial charge in [0.1, 0.15) is 4.83 Å².